The van der Waals surface area contributed by atoms with Crippen molar-refractivity contribution in [3.8, 4) is 16.5 Å². The minimum absolute atomic E-state index is 0.382. The molecule has 0 saturated heterocycles. The van der Waals surface area contributed by atoms with E-state index in [9.17, 15) is 0 Å². The van der Waals surface area contributed by atoms with Crippen LogP contribution in [0.4, 0.5) is 17.2 Å². The average molecular weight is 550 g/mol. The van der Waals surface area contributed by atoms with Gasteiger partial charge in [0.2, 0.25) is 5.88 Å². The Hall–Kier alpha value is -3.15. The summed E-state index contributed by atoms with van der Waals surface area (Å²) in [7, 11) is 0.448. The van der Waals surface area contributed by atoms with E-state index in [1.54, 1.807) is 30.8 Å². The molecule has 1 aliphatic rings. The van der Waals surface area contributed by atoms with Crippen molar-refractivity contribution in [3.05, 3.63) is 41.7 Å². The molecule has 4 heterocycles. The Morgan fingerprint density at radius 3 is 2.55 bits per heavy atom. The Kier molecular flexibility index (Phi) is 8.15. The first kappa shape index (κ1) is 26.5. The molecular formula is C27H35N7O2SSi. The van der Waals surface area contributed by atoms with Crippen LogP contribution in [-0.4, -0.2) is 53.7 Å². The molecule has 0 radical (unpaired) electrons. The second kappa shape index (κ2) is 11.7. The van der Waals surface area contributed by atoms with Crippen LogP contribution in [-0.2, 0) is 4.74 Å². The van der Waals surface area contributed by atoms with E-state index in [-0.39, 0.29) is 0 Å². The minimum atomic E-state index is -1.15. The number of rotatable bonds is 11. The Morgan fingerprint density at radius 2 is 1.82 bits per heavy atom. The highest BCUT2D eigenvalue weighted by molar-refractivity contribution is 7.14. The van der Waals surface area contributed by atoms with Gasteiger partial charge >= 0.3 is 0 Å². The van der Waals surface area contributed by atoms with Crippen molar-refractivity contribution in [2.75, 3.05) is 31.1 Å². The third kappa shape index (κ3) is 6.64. The van der Waals surface area contributed by atoms with Crippen LogP contribution in [0.3, 0.4) is 0 Å². The molecule has 4 aromatic heterocycles. The van der Waals surface area contributed by atoms with Crippen LogP contribution >= 0.6 is 11.3 Å². The smallest absolute Gasteiger partial charge is 0.213 e. The number of pyridine rings is 3. The van der Waals surface area contributed by atoms with Crippen molar-refractivity contribution in [1.82, 2.24) is 25.1 Å². The third-order valence-corrected chi connectivity index (χ3v) is 9.44. The van der Waals surface area contributed by atoms with Gasteiger partial charge in [0, 0.05) is 26.7 Å². The summed E-state index contributed by atoms with van der Waals surface area (Å²) in [5.41, 5.74) is 4.12. The average Bonchev–Trinajstić information content (AvgIpc) is 3.60. The van der Waals surface area contributed by atoms with E-state index in [1.807, 2.05) is 24.3 Å². The molecule has 38 heavy (non-hydrogen) atoms. The van der Waals surface area contributed by atoms with Gasteiger partial charge in [-0.25, -0.2) is 9.97 Å². The molecule has 0 spiro atoms. The highest BCUT2D eigenvalue weighted by atomic mass is 32.1. The molecule has 1 saturated carbocycles. The second-order valence-electron chi connectivity index (χ2n) is 10.8. The molecule has 0 unspecified atom stereocenters. The molecule has 1 fully saturated rings. The van der Waals surface area contributed by atoms with Gasteiger partial charge in [0.25, 0.3) is 0 Å². The van der Waals surface area contributed by atoms with Gasteiger partial charge < -0.3 is 20.1 Å². The van der Waals surface area contributed by atoms with Gasteiger partial charge in [-0.15, -0.1) is 10.2 Å². The van der Waals surface area contributed by atoms with Gasteiger partial charge in [0.1, 0.15) is 17.6 Å². The van der Waals surface area contributed by atoms with Crippen molar-refractivity contribution in [2.45, 2.75) is 57.3 Å². The maximum atomic E-state index is 5.93. The Bertz CT molecular complexity index is 1370. The molecule has 0 amide bonds. The highest BCUT2D eigenvalue weighted by Gasteiger charge is 2.23. The van der Waals surface area contributed by atoms with Crippen molar-refractivity contribution in [3.63, 3.8) is 0 Å². The van der Waals surface area contributed by atoms with Crippen LogP contribution in [0.15, 0.2) is 36.7 Å². The molecular weight excluding hydrogens is 514 g/mol. The standard InChI is InChI=1S/C27H35N7O2SSi/c1-35-24-10-9-19(15-29-24)31-20-13-23-22(28-16-20)14-21(25(32-23)30-17-36-11-12-38(2,3)4)27-34-33-26(37-27)18-7-5-6-8-18/h9-10,13-16,18,31H,5-8,11-12,17H2,1-4H3,(H,30,32). The lowest BCUT2D eigenvalue weighted by Gasteiger charge is -2.16. The predicted octanol–water partition coefficient (Wildman–Crippen LogP) is 6.68. The van der Waals surface area contributed by atoms with E-state index >= 15 is 0 Å². The number of ether oxygens (including phenoxy) is 2. The molecule has 0 atom stereocenters. The van der Waals surface area contributed by atoms with Crippen LogP contribution in [0.25, 0.3) is 21.6 Å². The minimum Gasteiger partial charge on any atom is -0.481 e. The number of hydrogen-bond acceptors (Lipinski definition) is 10. The first-order chi connectivity index (χ1) is 18.4. The zero-order valence-electron chi connectivity index (χ0n) is 22.5. The maximum Gasteiger partial charge on any atom is 0.213 e. The van der Waals surface area contributed by atoms with E-state index in [4.69, 9.17) is 19.4 Å². The number of aromatic nitrogens is 5. The van der Waals surface area contributed by atoms with Gasteiger partial charge in [0.15, 0.2) is 5.01 Å². The number of hydrogen-bond donors (Lipinski definition) is 2. The van der Waals surface area contributed by atoms with Gasteiger partial charge in [0.05, 0.1) is 47.5 Å². The highest BCUT2D eigenvalue weighted by Crippen LogP contribution is 2.39. The quantitative estimate of drug-likeness (QED) is 0.120. The zero-order valence-corrected chi connectivity index (χ0v) is 24.3. The maximum absolute atomic E-state index is 5.93. The topological polar surface area (TPSA) is 107 Å². The summed E-state index contributed by atoms with van der Waals surface area (Å²) in [5.74, 6) is 1.82. The number of anilines is 3. The van der Waals surface area contributed by atoms with Crippen LogP contribution < -0.4 is 15.4 Å². The normalized spacial score (nSPS) is 14.2. The van der Waals surface area contributed by atoms with Gasteiger partial charge in [-0.3, -0.25) is 4.98 Å². The lowest BCUT2D eigenvalue weighted by molar-refractivity contribution is 0.165. The molecule has 200 valence electrons. The lowest BCUT2D eigenvalue weighted by Crippen LogP contribution is -2.22. The molecule has 2 N–H and O–H groups in total. The van der Waals surface area contributed by atoms with E-state index < -0.39 is 8.07 Å². The van der Waals surface area contributed by atoms with Crippen LogP contribution in [0.1, 0.15) is 36.6 Å². The number of nitrogens with zero attached hydrogens (tertiary/aromatic N) is 5. The van der Waals surface area contributed by atoms with Crippen molar-refractivity contribution in [2.24, 2.45) is 0 Å². The summed E-state index contributed by atoms with van der Waals surface area (Å²) < 4.78 is 11.1. The molecule has 5 rings (SSSR count). The Morgan fingerprint density at radius 1 is 1.00 bits per heavy atom. The van der Waals surface area contributed by atoms with Crippen LogP contribution in [0, 0.1) is 0 Å². The predicted molar refractivity (Wildman–Crippen MR) is 156 cm³/mol. The molecule has 9 nitrogen and oxygen atoms in total. The molecule has 0 aromatic carbocycles. The summed E-state index contributed by atoms with van der Waals surface area (Å²) in [6.45, 7) is 8.18. The molecule has 4 aromatic rings. The lowest BCUT2D eigenvalue weighted by atomic mass is 10.1. The molecule has 0 bridgehead atoms. The summed E-state index contributed by atoms with van der Waals surface area (Å²) in [4.78, 5) is 13.9. The van der Waals surface area contributed by atoms with E-state index in [0.717, 1.165) is 56.5 Å². The zero-order chi connectivity index (χ0) is 26.5. The molecule has 1 aliphatic carbocycles. The van der Waals surface area contributed by atoms with Crippen LogP contribution in [0.5, 0.6) is 5.88 Å². The first-order valence-corrected chi connectivity index (χ1v) is 17.6. The number of methoxy groups -OCH3 is 1. The third-order valence-electron chi connectivity index (χ3n) is 6.61. The van der Waals surface area contributed by atoms with E-state index in [0.29, 0.717) is 18.5 Å². The van der Waals surface area contributed by atoms with Crippen molar-refractivity contribution in [1.29, 1.82) is 0 Å². The number of nitrogens with one attached hydrogen (secondary N) is 2. The summed E-state index contributed by atoms with van der Waals surface area (Å²) in [5, 5.41) is 17.8. The SMILES string of the molecule is COc1ccc(Nc2cnc3cc(-c4nnc(C5CCCC5)s4)c(NCOCC[Si](C)(C)C)nc3c2)cn1. The van der Waals surface area contributed by atoms with E-state index in [2.05, 4.69) is 45.5 Å². The number of fused-ring (bicyclic) bond motifs is 1. The van der Waals surface area contributed by atoms with Crippen molar-refractivity contribution < 1.29 is 9.47 Å². The fourth-order valence-corrected chi connectivity index (χ4v) is 6.20. The fraction of sp³-hybridized carbons (Fsp3) is 0.444. The van der Waals surface area contributed by atoms with E-state index in [1.165, 1.54) is 25.7 Å². The van der Waals surface area contributed by atoms with Gasteiger partial charge in [-0.2, -0.15) is 0 Å². The van der Waals surface area contributed by atoms with Crippen LogP contribution in [0.2, 0.25) is 25.7 Å². The molecule has 11 heteroatoms. The summed E-state index contributed by atoms with van der Waals surface area (Å²) in [6.07, 6.45) is 8.46. The Labute approximate surface area is 228 Å². The first-order valence-electron chi connectivity index (χ1n) is 13.1. The second-order valence-corrected chi connectivity index (χ2v) is 17.5. The summed E-state index contributed by atoms with van der Waals surface area (Å²) in [6, 6.07) is 8.87. The Balaban J connectivity index is 1.41. The monoisotopic (exact) mass is 549 g/mol. The van der Waals surface area contributed by atoms with Gasteiger partial charge in [-0.1, -0.05) is 43.8 Å². The van der Waals surface area contributed by atoms with Gasteiger partial charge in [-0.05, 0) is 37.1 Å². The summed E-state index contributed by atoms with van der Waals surface area (Å²) >= 11 is 1.67. The molecule has 0 aliphatic heterocycles. The largest absolute Gasteiger partial charge is 0.481 e. The van der Waals surface area contributed by atoms with Crippen molar-refractivity contribution >= 4 is 47.6 Å². The fourth-order valence-electron chi connectivity index (χ4n) is 4.41.